The molecule has 0 aliphatic rings. The van der Waals surface area contributed by atoms with Gasteiger partial charge in [0.25, 0.3) is 6.92 Å². The summed E-state index contributed by atoms with van der Waals surface area (Å²) in [5.74, 6) is 0. The van der Waals surface area contributed by atoms with Crippen molar-refractivity contribution in [3.8, 4) is 0 Å². The summed E-state index contributed by atoms with van der Waals surface area (Å²) in [5, 5.41) is 8.67. The Morgan fingerprint density at radius 2 is 1.67 bits per heavy atom. The van der Waals surface area contributed by atoms with Crippen molar-refractivity contribution < 1.29 is 5.02 Å². The summed E-state index contributed by atoms with van der Waals surface area (Å²) >= 11 is 0. The van der Waals surface area contributed by atoms with Crippen LogP contribution in [-0.2, 0) is 0 Å². The van der Waals surface area contributed by atoms with E-state index in [4.69, 9.17) is 5.02 Å². The van der Waals surface area contributed by atoms with Crippen LogP contribution in [0.25, 0.3) is 0 Å². The molecule has 0 unspecified atom stereocenters. The predicted molar refractivity (Wildman–Crippen MR) is 28.9 cm³/mol. The molecule has 0 atom stereocenters. The molecule has 0 spiro atoms. The van der Waals surface area contributed by atoms with Crippen molar-refractivity contribution in [3.05, 3.63) is 0 Å². The van der Waals surface area contributed by atoms with Gasteiger partial charge in [0.1, 0.15) is 0 Å². The first kappa shape index (κ1) is 6.02. The Balaban J connectivity index is 2.75. The Labute approximate surface area is 39.5 Å². The highest BCUT2D eigenvalue weighted by molar-refractivity contribution is 6.49. The van der Waals surface area contributed by atoms with Crippen LogP contribution in [0.1, 0.15) is 13.8 Å². The number of hydrogen-bond donors (Lipinski definition) is 1. The molecule has 6 heavy (non-hydrogen) atoms. The van der Waals surface area contributed by atoms with Gasteiger partial charge in [0.2, 0.25) is 0 Å². The van der Waals surface area contributed by atoms with Gasteiger partial charge in [-0.25, -0.2) is 0 Å². The maximum absolute atomic E-state index is 8.67. The second-order valence-electron chi connectivity index (χ2n) is 1.47. The van der Waals surface area contributed by atoms with E-state index in [1.165, 1.54) is 0 Å². The summed E-state index contributed by atoms with van der Waals surface area (Å²) in [6.07, 6.45) is 1.77. The van der Waals surface area contributed by atoms with Gasteiger partial charge in [-0.3, -0.25) is 0 Å². The van der Waals surface area contributed by atoms with Crippen LogP contribution < -0.4 is 0 Å². The highest BCUT2D eigenvalue weighted by Crippen LogP contribution is 1.89. The van der Waals surface area contributed by atoms with Gasteiger partial charge in [0, 0.05) is 0 Å². The summed E-state index contributed by atoms with van der Waals surface area (Å²) in [6.45, 7) is 3.90. The summed E-state index contributed by atoms with van der Waals surface area (Å²) in [5.41, 5.74) is 0. The Morgan fingerprint density at radius 3 is 1.67 bits per heavy atom. The van der Waals surface area contributed by atoms with Crippen LogP contribution >= 0.6 is 0 Å². The zero-order valence-corrected chi connectivity index (χ0v) is 4.44. The molecule has 0 rings (SSSR count). The summed E-state index contributed by atoms with van der Waals surface area (Å²) in [6, 6.07) is 0. The van der Waals surface area contributed by atoms with Gasteiger partial charge >= 0.3 is 0 Å². The molecule has 0 aliphatic carbocycles. The largest absolute Gasteiger partial charge is 0.450 e. The highest BCUT2D eigenvalue weighted by Gasteiger charge is 1.99. The van der Waals surface area contributed by atoms with E-state index in [1.54, 1.807) is 0 Å². The minimum Gasteiger partial charge on any atom is -0.450 e. The third-order valence-electron chi connectivity index (χ3n) is 0.942. The molecule has 0 fully saturated rings. The quantitative estimate of drug-likeness (QED) is 0.497. The first-order valence-electron chi connectivity index (χ1n) is 2.49. The fourth-order valence-electron chi connectivity index (χ4n) is 0.289. The maximum Gasteiger partial charge on any atom is 0.288 e. The van der Waals surface area contributed by atoms with Gasteiger partial charge < -0.3 is 5.02 Å². The summed E-state index contributed by atoms with van der Waals surface area (Å²) in [4.78, 5) is 0. The smallest absolute Gasteiger partial charge is 0.288 e. The van der Waals surface area contributed by atoms with E-state index in [-0.39, 0.29) is 6.92 Å². The van der Waals surface area contributed by atoms with Crippen LogP contribution in [-0.4, -0.2) is 11.9 Å². The molecule has 0 bridgehead atoms. The number of hydrogen-bond acceptors (Lipinski definition) is 1. The monoisotopic (exact) mass is 86.1 g/mol. The average molecular weight is 85.9 g/mol. The van der Waals surface area contributed by atoms with Gasteiger partial charge in [0.15, 0.2) is 0 Å². The molecule has 36 valence electrons. The maximum atomic E-state index is 8.67. The Kier molecular flexibility index (Phi) is 3.24. The standard InChI is InChI=1S/C4H11BO/c1-3-5(6)4-2/h6H,3-4H2,1-2H3. The molecule has 0 aromatic carbocycles. The van der Waals surface area contributed by atoms with Crippen molar-refractivity contribution >= 4 is 6.92 Å². The third kappa shape index (κ3) is 2.27. The van der Waals surface area contributed by atoms with E-state index in [0.717, 1.165) is 12.6 Å². The lowest BCUT2D eigenvalue weighted by Crippen LogP contribution is -2.05. The van der Waals surface area contributed by atoms with Crippen molar-refractivity contribution in [1.82, 2.24) is 0 Å². The van der Waals surface area contributed by atoms with E-state index in [2.05, 4.69) is 0 Å². The van der Waals surface area contributed by atoms with Crippen LogP contribution in [0.4, 0.5) is 0 Å². The normalized spacial score (nSPS) is 8.50. The fraction of sp³-hybridized carbons (Fsp3) is 1.00. The van der Waals surface area contributed by atoms with Crippen LogP contribution in [0.15, 0.2) is 0 Å². The Bertz CT molecular complexity index is 26.7. The molecule has 0 saturated carbocycles. The van der Waals surface area contributed by atoms with Gasteiger partial charge in [-0.2, -0.15) is 0 Å². The van der Waals surface area contributed by atoms with Crippen molar-refractivity contribution in [2.24, 2.45) is 0 Å². The zero-order chi connectivity index (χ0) is 4.99. The molecule has 0 heterocycles. The van der Waals surface area contributed by atoms with E-state index in [9.17, 15) is 0 Å². The van der Waals surface area contributed by atoms with Crippen molar-refractivity contribution in [3.63, 3.8) is 0 Å². The lowest BCUT2D eigenvalue weighted by molar-refractivity contribution is 0.570. The molecular formula is C4H11BO. The first-order chi connectivity index (χ1) is 2.81. The zero-order valence-electron chi connectivity index (χ0n) is 4.44. The van der Waals surface area contributed by atoms with E-state index >= 15 is 0 Å². The minimum absolute atomic E-state index is 0.0648. The average Bonchev–Trinajstić information content (AvgIpc) is 1.65. The van der Waals surface area contributed by atoms with Gasteiger partial charge in [-0.1, -0.05) is 26.5 Å². The van der Waals surface area contributed by atoms with Crippen LogP contribution in [0.3, 0.4) is 0 Å². The van der Waals surface area contributed by atoms with Crippen molar-refractivity contribution in [1.29, 1.82) is 0 Å². The topological polar surface area (TPSA) is 20.2 Å². The molecule has 0 aromatic heterocycles. The third-order valence-corrected chi connectivity index (χ3v) is 0.942. The second-order valence-corrected chi connectivity index (χ2v) is 1.47. The fourth-order valence-corrected chi connectivity index (χ4v) is 0.289. The molecule has 0 aromatic rings. The SMILES string of the molecule is CCB(O)CC. The molecule has 0 saturated heterocycles. The van der Waals surface area contributed by atoms with E-state index in [0.29, 0.717) is 0 Å². The van der Waals surface area contributed by atoms with Crippen LogP contribution in [0.2, 0.25) is 12.6 Å². The number of rotatable bonds is 2. The summed E-state index contributed by atoms with van der Waals surface area (Å²) in [7, 11) is 0. The first-order valence-corrected chi connectivity index (χ1v) is 2.49. The van der Waals surface area contributed by atoms with Crippen molar-refractivity contribution in [2.75, 3.05) is 0 Å². The van der Waals surface area contributed by atoms with E-state index in [1.807, 2.05) is 13.8 Å². The molecule has 2 heteroatoms. The predicted octanol–water partition coefficient (Wildman–Crippen LogP) is 1.01. The van der Waals surface area contributed by atoms with E-state index < -0.39 is 0 Å². The molecule has 0 radical (unpaired) electrons. The molecule has 0 amide bonds. The lowest BCUT2D eigenvalue weighted by atomic mass is 9.63. The highest BCUT2D eigenvalue weighted by atomic mass is 16.2. The Morgan fingerprint density at radius 1 is 1.33 bits per heavy atom. The lowest BCUT2D eigenvalue weighted by Gasteiger charge is -1.91. The molecular weight excluding hydrogens is 74.9 g/mol. The van der Waals surface area contributed by atoms with Crippen LogP contribution in [0.5, 0.6) is 0 Å². The molecule has 0 aliphatic heterocycles. The van der Waals surface area contributed by atoms with Gasteiger partial charge in [0.05, 0.1) is 0 Å². The Hall–Kier alpha value is 0.0249. The van der Waals surface area contributed by atoms with Crippen molar-refractivity contribution in [2.45, 2.75) is 26.5 Å². The minimum atomic E-state index is -0.0648. The second kappa shape index (κ2) is 3.22. The molecule has 1 N–H and O–H groups in total. The van der Waals surface area contributed by atoms with Crippen LogP contribution in [0, 0.1) is 0 Å². The molecule has 1 nitrogen and oxygen atoms in total. The van der Waals surface area contributed by atoms with Gasteiger partial charge in [-0.05, 0) is 0 Å². The van der Waals surface area contributed by atoms with Gasteiger partial charge in [-0.15, -0.1) is 0 Å². The summed E-state index contributed by atoms with van der Waals surface area (Å²) < 4.78 is 0.